The molecule has 0 spiro atoms. The van der Waals surface area contributed by atoms with E-state index < -0.39 is 0 Å². The molecule has 0 aromatic heterocycles. The largest absolute Gasteiger partial charge is 0.473 e. The van der Waals surface area contributed by atoms with Gasteiger partial charge in [0.2, 0.25) is 5.78 Å². The van der Waals surface area contributed by atoms with Crippen molar-refractivity contribution in [2.75, 3.05) is 13.2 Å². The second kappa shape index (κ2) is 3.80. The van der Waals surface area contributed by atoms with E-state index in [4.69, 9.17) is 16.3 Å². The van der Waals surface area contributed by atoms with E-state index >= 15 is 0 Å². The zero-order chi connectivity index (χ0) is 9.97. The summed E-state index contributed by atoms with van der Waals surface area (Å²) in [5.41, 5.74) is 0.551. The van der Waals surface area contributed by atoms with Gasteiger partial charge in [0.25, 0.3) is 5.90 Å². The minimum Gasteiger partial charge on any atom is -0.473 e. The maximum absolute atomic E-state index is 11.7. The maximum Gasteiger partial charge on any atom is 0.258 e. The highest BCUT2D eigenvalue weighted by molar-refractivity contribution is 6.43. The normalized spacial score (nSPS) is 14.8. The van der Waals surface area contributed by atoms with Crippen LogP contribution in [0.3, 0.4) is 0 Å². The average molecular weight is 210 g/mol. The van der Waals surface area contributed by atoms with Gasteiger partial charge in [-0.25, -0.2) is 4.99 Å². The van der Waals surface area contributed by atoms with Crippen molar-refractivity contribution in [3.05, 3.63) is 34.9 Å². The van der Waals surface area contributed by atoms with Crippen LogP contribution in [0.4, 0.5) is 0 Å². The van der Waals surface area contributed by atoms with Crippen LogP contribution in [0, 0.1) is 0 Å². The third-order valence-electron chi connectivity index (χ3n) is 1.89. The molecule has 0 fully saturated rings. The highest BCUT2D eigenvalue weighted by Gasteiger charge is 2.18. The first-order valence-corrected chi connectivity index (χ1v) is 4.63. The van der Waals surface area contributed by atoms with Gasteiger partial charge < -0.3 is 4.74 Å². The van der Waals surface area contributed by atoms with Crippen LogP contribution in [0.15, 0.2) is 29.3 Å². The predicted molar refractivity (Wildman–Crippen MR) is 54.0 cm³/mol. The molecule has 0 bridgehead atoms. The van der Waals surface area contributed by atoms with Crippen LogP contribution in [0.1, 0.15) is 10.4 Å². The van der Waals surface area contributed by atoms with E-state index in [0.717, 1.165) is 0 Å². The number of Topliss-reactive ketones (excluding diaryl/α,β-unsaturated/α-hetero) is 1. The van der Waals surface area contributed by atoms with Gasteiger partial charge in [-0.05, 0) is 24.3 Å². The van der Waals surface area contributed by atoms with Crippen molar-refractivity contribution >= 4 is 23.3 Å². The SMILES string of the molecule is O=C(C1=NCCO1)c1ccc(Cl)cc1. The number of hydrogen-bond acceptors (Lipinski definition) is 3. The number of nitrogens with zero attached hydrogens (tertiary/aromatic N) is 1. The summed E-state index contributed by atoms with van der Waals surface area (Å²) in [5, 5.41) is 0.607. The van der Waals surface area contributed by atoms with Gasteiger partial charge in [0.1, 0.15) is 6.61 Å². The Hall–Kier alpha value is -1.35. The van der Waals surface area contributed by atoms with Gasteiger partial charge in [-0.3, -0.25) is 4.79 Å². The van der Waals surface area contributed by atoms with Crippen LogP contribution < -0.4 is 0 Å². The van der Waals surface area contributed by atoms with E-state index in [-0.39, 0.29) is 11.7 Å². The number of carbonyl (C=O) groups excluding carboxylic acids is 1. The van der Waals surface area contributed by atoms with E-state index in [2.05, 4.69) is 4.99 Å². The van der Waals surface area contributed by atoms with Gasteiger partial charge in [0.05, 0.1) is 6.54 Å². The Morgan fingerprint density at radius 2 is 2.07 bits per heavy atom. The Labute approximate surface area is 86.4 Å². The van der Waals surface area contributed by atoms with Gasteiger partial charge in [-0.2, -0.15) is 0 Å². The number of ether oxygens (including phenoxy) is 1. The monoisotopic (exact) mass is 209 g/mol. The number of ketones is 1. The third kappa shape index (κ3) is 1.77. The van der Waals surface area contributed by atoms with E-state index in [0.29, 0.717) is 23.7 Å². The van der Waals surface area contributed by atoms with Crippen LogP contribution in [0.25, 0.3) is 0 Å². The molecule has 0 aliphatic carbocycles. The fourth-order valence-corrected chi connectivity index (χ4v) is 1.32. The van der Waals surface area contributed by atoms with E-state index in [1.807, 2.05) is 0 Å². The highest BCUT2D eigenvalue weighted by Crippen LogP contribution is 2.11. The molecule has 0 saturated carbocycles. The molecule has 1 aromatic carbocycles. The van der Waals surface area contributed by atoms with Crippen molar-refractivity contribution in [3.63, 3.8) is 0 Å². The maximum atomic E-state index is 11.7. The molecule has 0 radical (unpaired) electrons. The highest BCUT2D eigenvalue weighted by atomic mass is 35.5. The lowest BCUT2D eigenvalue weighted by atomic mass is 10.1. The van der Waals surface area contributed by atoms with Crippen LogP contribution in [0.2, 0.25) is 5.02 Å². The number of hydrogen-bond donors (Lipinski definition) is 0. The molecule has 3 nitrogen and oxygen atoms in total. The molecule has 1 aromatic rings. The molecule has 0 amide bonds. The third-order valence-corrected chi connectivity index (χ3v) is 2.14. The van der Waals surface area contributed by atoms with Crippen LogP contribution in [-0.2, 0) is 4.74 Å². The first-order chi connectivity index (χ1) is 6.77. The predicted octanol–water partition coefficient (Wildman–Crippen LogP) is 1.95. The molecule has 4 heteroatoms. The molecule has 1 heterocycles. The molecule has 72 valence electrons. The Balaban J connectivity index is 2.22. The van der Waals surface area contributed by atoms with Crippen molar-refractivity contribution in [2.45, 2.75) is 0 Å². The Morgan fingerprint density at radius 3 is 2.64 bits per heavy atom. The summed E-state index contributed by atoms with van der Waals surface area (Å²) in [6, 6.07) is 6.67. The zero-order valence-electron chi connectivity index (χ0n) is 7.37. The zero-order valence-corrected chi connectivity index (χ0v) is 8.12. The Morgan fingerprint density at radius 1 is 1.36 bits per heavy atom. The summed E-state index contributed by atoms with van der Waals surface area (Å²) < 4.78 is 5.07. The lowest BCUT2D eigenvalue weighted by molar-refractivity contribution is 0.103. The smallest absolute Gasteiger partial charge is 0.258 e. The lowest BCUT2D eigenvalue weighted by Crippen LogP contribution is -2.14. The summed E-state index contributed by atoms with van der Waals surface area (Å²) in [6.45, 7) is 1.06. The average Bonchev–Trinajstić information content (AvgIpc) is 2.71. The number of carbonyl (C=O) groups is 1. The second-order valence-electron chi connectivity index (χ2n) is 2.87. The minimum absolute atomic E-state index is 0.181. The summed E-state index contributed by atoms with van der Waals surface area (Å²) in [7, 11) is 0. The summed E-state index contributed by atoms with van der Waals surface area (Å²) in [4.78, 5) is 15.6. The van der Waals surface area contributed by atoms with Crippen molar-refractivity contribution in [1.29, 1.82) is 0 Å². The molecular formula is C10H8ClNO2. The molecule has 0 atom stereocenters. The fraction of sp³-hybridized carbons (Fsp3) is 0.200. The number of aliphatic imine (C=N–C) groups is 1. The fourth-order valence-electron chi connectivity index (χ4n) is 1.20. The topological polar surface area (TPSA) is 38.7 Å². The molecule has 2 rings (SSSR count). The van der Waals surface area contributed by atoms with Crippen molar-refractivity contribution in [2.24, 2.45) is 4.99 Å². The number of halogens is 1. The molecule has 1 aliphatic heterocycles. The molecule has 0 saturated heterocycles. The van der Waals surface area contributed by atoms with Crippen LogP contribution in [-0.4, -0.2) is 24.8 Å². The summed E-state index contributed by atoms with van der Waals surface area (Å²) >= 11 is 5.70. The van der Waals surface area contributed by atoms with Gasteiger partial charge >= 0.3 is 0 Å². The first-order valence-electron chi connectivity index (χ1n) is 4.25. The Bertz CT molecular complexity index is 384. The van der Waals surface area contributed by atoms with E-state index in [1.54, 1.807) is 24.3 Å². The van der Waals surface area contributed by atoms with Gasteiger partial charge in [-0.1, -0.05) is 11.6 Å². The molecule has 0 N–H and O–H groups in total. The van der Waals surface area contributed by atoms with Gasteiger partial charge in [0.15, 0.2) is 0 Å². The molecular weight excluding hydrogens is 202 g/mol. The van der Waals surface area contributed by atoms with Crippen molar-refractivity contribution in [3.8, 4) is 0 Å². The molecule has 1 aliphatic rings. The minimum atomic E-state index is -0.181. The first kappa shape index (κ1) is 9.21. The number of benzene rings is 1. The standard InChI is InChI=1S/C10H8ClNO2/c11-8-3-1-7(2-4-8)9(13)10-12-5-6-14-10/h1-4H,5-6H2. The van der Waals surface area contributed by atoms with E-state index in [1.165, 1.54) is 0 Å². The summed E-state index contributed by atoms with van der Waals surface area (Å²) in [5.74, 6) is 0.0199. The van der Waals surface area contributed by atoms with E-state index in [9.17, 15) is 4.79 Å². The molecule has 0 unspecified atom stereocenters. The van der Waals surface area contributed by atoms with Crippen LogP contribution in [0.5, 0.6) is 0 Å². The molecule has 14 heavy (non-hydrogen) atoms. The van der Waals surface area contributed by atoms with Gasteiger partial charge in [0, 0.05) is 10.6 Å². The summed E-state index contributed by atoms with van der Waals surface area (Å²) in [6.07, 6.45) is 0. The Kier molecular flexibility index (Phi) is 2.50. The second-order valence-corrected chi connectivity index (χ2v) is 3.31. The number of rotatable bonds is 2. The van der Waals surface area contributed by atoms with Crippen LogP contribution >= 0.6 is 11.6 Å². The van der Waals surface area contributed by atoms with Crippen molar-refractivity contribution in [1.82, 2.24) is 0 Å². The van der Waals surface area contributed by atoms with Gasteiger partial charge in [-0.15, -0.1) is 0 Å². The quantitative estimate of drug-likeness (QED) is 0.699. The van der Waals surface area contributed by atoms with Crippen molar-refractivity contribution < 1.29 is 9.53 Å². The lowest BCUT2D eigenvalue weighted by Gasteiger charge is -2.00.